The molecule has 0 aromatic heterocycles. The molecule has 3 N–H and O–H groups in total. The van der Waals surface area contributed by atoms with Gasteiger partial charge < -0.3 is 20.5 Å². The summed E-state index contributed by atoms with van der Waals surface area (Å²) in [6, 6.07) is 16.2. The molecule has 0 bridgehead atoms. The van der Waals surface area contributed by atoms with Crippen molar-refractivity contribution in [2.75, 3.05) is 13.1 Å². The number of aliphatic carboxylic acids is 1. The molecule has 3 aromatic carbocycles. The van der Waals surface area contributed by atoms with Gasteiger partial charge in [0.1, 0.15) is 11.6 Å². The summed E-state index contributed by atoms with van der Waals surface area (Å²) >= 11 is 0. The molecule has 1 fully saturated rings. The first-order valence-electron chi connectivity index (χ1n) is 11.6. The van der Waals surface area contributed by atoms with Crippen LogP contribution < -0.4 is 15.4 Å². The van der Waals surface area contributed by atoms with Crippen LogP contribution in [0.15, 0.2) is 60.7 Å². The van der Waals surface area contributed by atoms with Gasteiger partial charge in [-0.05, 0) is 85.0 Å². The van der Waals surface area contributed by atoms with Crippen molar-refractivity contribution in [3.8, 4) is 5.75 Å². The summed E-state index contributed by atoms with van der Waals surface area (Å²) in [4.78, 5) is 35.8. The molecular formula is C27H27FN2O5. The Labute approximate surface area is 202 Å². The maximum Gasteiger partial charge on any atom is 0.306 e. The number of carbonyl (C=O) groups is 3. The number of amides is 2. The van der Waals surface area contributed by atoms with E-state index in [1.165, 1.54) is 12.1 Å². The predicted octanol–water partition coefficient (Wildman–Crippen LogP) is 4.16. The molecule has 0 radical (unpaired) electrons. The molecule has 3 aromatic rings. The van der Waals surface area contributed by atoms with Gasteiger partial charge in [0.05, 0.1) is 12.0 Å². The summed E-state index contributed by atoms with van der Waals surface area (Å²) in [6.07, 6.45) is 2.60. The Bertz CT molecular complexity index is 1220. The molecule has 7 nitrogen and oxygen atoms in total. The number of benzene rings is 3. The molecule has 2 amide bonds. The smallest absolute Gasteiger partial charge is 0.306 e. The molecule has 0 saturated heterocycles. The van der Waals surface area contributed by atoms with E-state index >= 15 is 0 Å². The van der Waals surface area contributed by atoms with Crippen molar-refractivity contribution in [3.63, 3.8) is 0 Å². The van der Waals surface area contributed by atoms with Gasteiger partial charge in [0.25, 0.3) is 11.8 Å². The van der Waals surface area contributed by atoms with Gasteiger partial charge in [-0.2, -0.15) is 0 Å². The van der Waals surface area contributed by atoms with Crippen molar-refractivity contribution < 1.29 is 28.6 Å². The minimum absolute atomic E-state index is 0.0161. The summed E-state index contributed by atoms with van der Waals surface area (Å²) in [5.74, 6) is -1.25. The number of carboxylic acids is 1. The second kappa shape index (κ2) is 11.0. The fourth-order valence-electron chi connectivity index (χ4n) is 4.22. The molecule has 0 spiro atoms. The maximum atomic E-state index is 13.3. The lowest BCUT2D eigenvalue weighted by Crippen LogP contribution is -2.34. The molecule has 35 heavy (non-hydrogen) atoms. The Morgan fingerprint density at radius 3 is 2.03 bits per heavy atom. The average Bonchev–Trinajstić information content (AvgIpc) is 2.86. The number of halogens is 1. The maximum absolute atomic E-state index is 13.3. The minimum atomic E-state index is -0.745. The Morgan fingerprint density at radius 2 is 1.37 bits per heavy atom. The summed E-state index contributed by atoms with van der Waals surface area (Å²) in [6.45, 7) is 0.515. The van der Waals surface area contributed by atoms with Gasteiger partial charge >= 0.3 is 5.97 Å². The SMILES string of the molecule is O=C(NCCNC(=O)c1ccc2cc(F)ccc2c1)c1ccc(OC2CCC(C(=O)O)CC2)cc1. The van der Waals surface area contributed by atoms with Gasteiger partial charge in [0, 0.05) is 24.2 Å². The van der Waals surface area contributed by atoms with E-state index in [0.717, 1.165) is 10.8 Å². The zero-order valence-corrected chi connectivity index (χ0v) is 19.1. The second-order valence-electron chi connectivity index (χ2n) is 8.67. The molecule has 8 heteroatoms. The Kier molecular flexibility index (Phi) is 7.60. The van der Waals surface area contributed by atoms with Gasteiger partial charge in [0.15, 0.2) is 0 Å². The van der Waals surface area contributed by atoms with Gasteiger partial charge in [0.2, 0.25) is 0 Å². The third-order valence-corrected chi connectivity index (χ3v) is 6.20. The molecule has 1 aliphatic rings. The molecule has 182 valence electrons. The van der Waals surface area contributed by atoms with Crippen molar-refractivity contribution in [2.24, 2.45) is 5.92 Å². The van der Waals surface area contributed by atoms with E-state index in [2.05, 4.69) is 10.6 Å². The third kappa shape index (κ3) is 6.35. The number of rotatable bonds is 8. The summed E-state index contributed by atoms with van der Waals surface area (Å²) in [5.41, 5.74) is 0.933. The van der Waals surface area contributed by atoms with Crippen molar-refractivity contribution in [2.45, 2.75) is 31.8 Å². The van der Waals surface area contributed by atoms with Gasteiger partial charge in [-0.1, -0.05) is 12.1 Å². The number of fused-ring (bicyclic) bond motifs is 1. The first kappa shape index (κ1) is 24.2. The quantitative estimate of drug-likeness (QED) is 0.422. The lowest BCUT2D eigenvalue weighted by molar-refractivity contribution is -0.143. The van der Waals surface area contributed by atoms with E-state index in [1.54, 1.807) is 48.5 Å². The van der Waals surface area contributed by atoms with Crippen molar-refractivity contribution in [3.05, 3.63) is 77.6 Å². The number of carboxylic acid groups (broad SMARTS) is 1. The predicted molar refractivity (Wildman–Crippen MR) is 129 cm³/mol. The zero-order valence-electron chi connectivity index (χ0n) is 19.1. The van der Waals surface area contributed by atoms with Crippen molar-refractivity contribution in [1.82, 2.24) is 10.6 Å². The highest BCUT2D eigenvalue weighted by molar-refractivity contribution is 5.98. The van der Waals surface area contributed by atoms with Crippen molar-refractivity contribution in [1.29, 1.82) is 0 Å². The van der Waals surface area contributed by atoms with E-state index < -0.39 is 5.97 Å². The van der Waals surface area contributed by atoms with E-state index in [0.29, 0.717) is 42.6 Å². The van der Waals surface area contributed by atoms with Crippen LogP contribution in [0, 0.1) is 11.7 Å². The monoisotopic (exact) mass is 478 g/mol. The topological polar surface area (TPSA) is 105 Å². The van der Waals surface area contributed by atoms with Crippen LogP contribution in [0.25, 0.3) is 10.8 Å². The third-order valence-electron chi connectivity index (χ3n) is 6.20. The number of carbonyl (C=O) groups excluding carboxylic acids is 2. The molecular weight excluding hydrogens is 451 g/mol. The molecule has 1 aliphatic carbocycles. The van der Waals surface area contributed by atoms with E-state index in [4.69, 9.17) is 9.84 Å². The largest absolute Gasteiger partial charge is 0.490 e. The van der Waals surface area contributed by atoms with Crippen LogP contribution in [0.1, 0.15) is 46.4 Å². The van der Waals surface area contributed by atoms with Gasteiger partial charge in [-0.3, -0.25) is 14.4 Å². The van der Waals surface area contributed by atoms with E-state index in [-0.39, 0.29) is 42.7 Å². The minimum Gasteiger partial charge on any atom is -0.490 e. The fourth-order valence-corrected chi connectivity index (χ4v) is 4.22. The number of ether oxygens (including phenoxy) is 1. The molecule has 0 unspecified atom stereocenters. The van der Waals surface area contributed by atoms with Crippen molar-refractivity contribution >= 4 is 28.6 Å². The molecule has 0 atom stereocenters. The lowest BCUT2D eigenvalue weighted by Gasteiger charge is -2.26. The normalized spacial score (nSPS) is 17.5. The van der Waals surface area contributed by atoms with E-state index in [9.17, 15) is 18.8 Å². The van der Waals surface area contributed by atoms with E-state index in [1.807, 2.05) is 0 Å². The molecule has 4 rings (SSSR count). The van der Waals surface area contributed by atoms with Crippen LogP contribution in [0.5, 0.6) is 5.75 Å². The summed E-state index contributed by atoms with van der Waals surface area (Å²) < 4.78 is 19.2. The zero-order chi connectivity index (χ0) is 24.8. The Morgan fingerprint density at radius 1 is 0.800 bits per heavy atom. The molecule has 0 aliphatic heterocycles. The highest BCUT2D eigenvalue weighted by Crippen LogP contribution is 2.28. The fraction of sp³-hybridized carbons (Fsp3) is 0.296. The lowest BCUT2D eigenvalue weighted by atomic mass is 9.87. The summed E-state index contributed by atoms with van der Waals surface area (Å²) in [5, 5.41) is 16.1. The second-order valence-corrected chi connectivity index (χ2v) is 8.67. The Hall–Kier alpha value is -3.94. The van der Waals surface area contributed by atoms with Gasteiger partial charge in [-0.25, -0.2) is 4.39 Å². The van der Waals surface area contributed by atoms with Crippen LogP contribution in [0.4, 0.5) is 4.39 Å². The number of nitrogens with one attached hydrogen (secondary N) is 2. The molecule has 1 saturated carbocycles. The van der Waals surface area contributed by atoms with Crippen LogP contribution in [0.3, 0.4) is 0 Å². The average molecular weight is 479 g/mol. The van der Waals surface area contributed by atoms with Crippen LogP contribution >= 0.6 is 0 Å². The number of hydrogen-bond donors (Lipinski definition) is 3. The van der Waals surface area contributed by atoms with Crippen LogP contribution in [0.2, 0.25) is 0 Å². The van der Waals surface area contributed by atoms with Gasteiger partial charge in [-0.15, -0.1) is 0 Å². The first-order chi connectivity index (χ1) is 16.9. The standard InChI is InChI=1S/C27H27FN2O5/c28-22-8-3-19-15-21(2-1-20(19)16-22)26(32)30-14-13-29-25(31)17-4-9-23(10-5-17)35-24-11-6-18(7-12-24)27(33)34/h1-5,8-10,15-16,18,24H,6-7,11-14H2,(H,29,31)(H,30,32)(H,33,34). The van der Waals surface area contributed by atoms with Crippen LogP contribution in [-0.2, 0) is 4.79 Å². The summed E-state index contributed by atoms with van der Waals surface area (Å²) in [7, 11) is 0. The molecule has 0 heterocycles. The highest BCUT2D eigenvalue weighted by Gasteiger charge is 2.26. The van der Waals surface area contributed by atoms with Crippen LogP contribution in [-0.4, -0.2) is 42.1 Å². The first-order valence-corrected chi connectivity index (χ1v) is 11.6. The Balaban J connectivity index is 1.20. The number of hydrogen-bond acceptors (Lipinski definition) is 4. The highest BCUT2D eigenvalue weighted by atomic mass is 19.1.